The second-order valence-corrected chi connectivity index (χ2v) is 6.95. The number of rotatable bonds is 6. The molecule has 0 spiro atoms. The number of hydrogen-bond acceptors (Lipinski definition) is 7. The lowest BCUT2D eigenvalue weighted by Crippen LogP contribution is -2.44. The Hall–Kier alpha value is -2.03. The van der Waals surface area contributed by atoms with Crippen LogP contribution in [0.4, 0.5) is 5.82 Å². The van der Waals surface area contributed by atoms with Crippen molar-refractivity contribution >= 4 is 23.1 Å². The molecule has 7 nitrogen and oxygen atoms in total. The van der Waals surface area contributed by atoms with E-state index in [4.69, 9.17) is 4.74 Å². The van der Waals surface area contributed by atoms with Crippen LogP contribution in [0.15, 0.2) is 29.6 Å². The Morgan fingerprint density at radius 3 is 2.96 bits per heavy atom. The zero-order chi connectivity index (χ0) is 17.6. The van der Waals surface area contributed by atoms with Gasteiger partial charge in [-0.1, -0.05) is 6.07 Å². The lowest BCUT2D eigenvalue weighted by molar-refractivity contribution is -0.0322. The molecule has 1 fully saturated rings. The van der Waals surface area contributed by atoms with Crippen molar-refractivity contribution in [2.24, 2.45) is 0 Å². The van der Waals surface area contributed by atoms with Crippen LogP contribution >= 0.6 is 11.3 Å². The van der Waals surface area contributed by atoms with Gasteiger partial charge in [0, 0.05) is 31.6 Å². The van der Waals surface area contributed by atoms with Crippen molar-refractivity contribution in [3.05, 3.63) is 40.2 Å². The van der Waals surface area contributed by atoms with E-state index in [-0.39, 0.29) is 18.1 Å². The minimum absolute atomic E-state index is 0.238. The van der Waals surface area contributed by atoms with Crippen LogP contribution in [0.5, 0.6) is 0 Å². The summed E-state index contributed by atoms with van der Waals surface area (Å²) in [4.78, 5) is 15.3. The molecule has 25 heavy (non-hydrogen) atoms. The Morgan fingerprint density at radius 1 is 1.44 bits per heavy atom. The van der Waals surface area contributed by atoms with E-state index < -0.39 is 0 Å². The smallest absolute Gasteiger partial charge is 0.271 e. The standard InChI is InChI=1S/C17H23N5O2S/c1-12-11-22(7-8-24-12)14(15-4-3-9-25-15)10-19-16-6-5-13(20-21-16)17(23)18-2/h3-6,9,12,14H,7-8,10-11H2,1-2H3,(H,18,23)(H,19,21). The summed E-state index contributed by atoms with van der Waals surface area (Å²) in [5, 5.41) is 16.0. The average molecular weight is 361 g/mol. The summed E-state index contributed by atoms with van der Waals surface area (Å²) in [5.41, 5.74) is 0.310. The lowest BCUT2D eigenvalue weighted by Gasteiger charge is -2.37. The number of amides is 1. The molecule has 2 aromatic heterocycles. The maximum absolute atomic E-state index is 11.5. The van der Waals surface area contributed by atoms with Crippen LogP contribution in [-0.2, 0) is 4.74 Å². The van der Waals surface area contributed by atoms with Crippen molar-refractivity contribution in [3.63, 3.8) is 0 Å². The molecule has 1 aliphatic rings. The number of morpholine rings is 1. The molecule has 3 rings (SSSR count). The molecule has 1 amide bonds. The first-order valence-electron chi connectivity index (χ1n) is 8.36. The largest absolute Gasteiger partial charge is 0.376 e. The van der Waals surface area contributed by atoms with Crippen LogP contribution in [0, 0.1) is 0 Å². The highest BCUT2D eigenvalue weighted by Gasteiger charge is 2.26. The highest BCUT2D eigenvalue weighted by atomic mass is 32.1. The predicted molar refractivity (Wildman–Crippen MR) is 98.0 cm³/mol. The number of hydrogen-bond donors (Lipinski definition) is 2. The van der Waals surface area contributed by atoms with Crippen molar-refractivity contribution in [2.75, 3.05) is 38.6 Å². The Kier molecular flexibility index (Phi) is 5.95. The third-order valence-electron chi connectivity index (χ3n) is 4.19. The number of nitrogens with one attached hydrogen (secondary N) is 2. The van der Waals surface area contributed by atoms with E-state index in [0.29, 0.717) is 11.5 Å². The molecule has 0 saturated carbocycles. The fourth-order valence-corrected chi connectivity index (χ4v) is 3.76. The van der Waals surface area contributed by atoms with Crippen LogP contribution in [0.1, 0.15) is 28.3 Å². The van der Waals surface area contributed by atoms with E-state index in [1.165, 1.54) is 4.88 Å². The van der Waals surface area contributed by atoms with Gasteiger partial charge < -0.3 is 15.4 Å². The fourth-order valence-electron chi connectivity index (χ4n) is 2.90. The molecule has 8 heteroatoms. The van der Waals surface area contributed by atoms with E-state index in [9.17, 15) is 4.79 Å². The maximum atomic E-state index is 11.5. The molecule has 1 aliphatic heterocycles. The van der Waals surface area contributed by atoms with Gasteiger partial charge in [0.25, 0.3) is 5.91 Å². The molecule has 2 unspecified atom stereocenters. The van der Waals surface area contributed by atoms with Gasteiger partial charge in [-0.15, -0.1) is 21.5 Å². The zero-order valence-electron chi connectivity index (χ0n) is 14.4. The van der Waals surface area contributed by atoms with Crippen LogP contribution in [-0.4, -0.2) is 60.4 Å². The van der Waals surface area contributed by atoms with Crippen molar-refractivity contribution in [1.29, 1.82) is 0 Å². The van der Waals surface area contributed by atoms with Gasteiger partial charge in [-0.25, -0.2) is 0 Å². The number of ether oxygens (including phenoxy) is 1. The molecule has 3 heterocycles. The number of aromatic nitrogens is 2. The third kappa shape index (κ3) is 4.53. The summed E-state index contributed by atoms with van der Waals surface area (Å²) in [5.74, 6) is 0.424. The van der Waals surface area contributed by atoms with Gasteiger partial charge in [0.1, 0.15) is 5.82 Å². The van der Waals surface area contributed by atoms with Crippen molar-refractivity contribution in [2.45, 2.75) is 19.1 Å². The molecule has 2 aromatic rings. The fraction of sp³-hybridized carbons (Fsp3) is 0.471. The second kappa shape index (κ2) is 8.37. The summed E-state index contributed by atoms with van der Waals surface area (Å²) in [6, 6.07) is 7.95. The molecule has 134 valence electrons. The highest BCUT2D eigenvalue weighted by Crippen LogP contribution is 2.27. The minimum Gasteiger partial charge on any atom is -0.376 e. The number of carbonyl (C=O) groups excluding carboxylic acids is 1. The van der Waals surface area contributed by atoms with Crippen LogP contribution in [0.3, 0.4) is 0 Å². The van der Waals surface area contributed by atoms with Crippen LogP contribution in [0.2, 0.25) is 0 Å². The first-order chi connectivity index (χ1) is 12.2. The van der Waals surface area contributed by atoms with E-state index in [2.05, 4.69) is 50.2 Å². The Labute approximate surface area is 151 Å². The predicted octanol–water partition coefficient (Wildman–Crippen LogP) is 1.77. The number of nitrogens with zero attached hydrogens (tertiary/aromatic N) is 3. The summed E-state index contributed by atoms with van der Waals surface area (Å²) in [7, 11) is 1.57. The van der Waals surface area contributed by atoms with Gasteiger partial charge in [-0.2, -0.15) is 0 Å². The topological polar surface area (TPSA) is 79.4 Å². The molecule has 0 aromatic carbocycles. The quantitative estimate of drug-likeness (QED) is 0.816. The van der Waals surface area contributed by atoms with Gasteiger partial charge >= 0.3 is 0 Å². The van der Waals surface area contributed by atoms with Gasteiger partial charge in [0.05, 0.1) is 18.8 Å². The van der Waals surface area contributed by atoms with Crippen LogP contribution in [0.25, 0.3) is 0 Å². The number of carbonyl (C=O) groups is 1. The van der Waals surface area contributed by atoms with Crippen molar-refractivity contribution < 1.29 is 9.53 Å². The molecule has 0 aliphatic carbocycles. The maximum Gasteiger partial charge on any atom is 0.271 e. The van der Waals surface area contributed by atoms with Gasteiger partial charge in [-0.05, 0) is 30.5 Å². The van der Waals surface area contributed by atoms with E-state index >= 15 is 0 Å². The molecule has 2 N–H and O–H groups in total. The zero-order valence-corrected chi connectivity index (χ0v) is 15.3. The Balaban J connectivity index is 1.67. The van der Waals surface area contributed by atoms with Crippen molar-refractivity contribution in [1.82, 2.24) is 20.4 Å². The molecule has 1 saturated heterocycles. The average Bonchev–Trinajstić information content (AvgIpc) is 3.16. The summed E-state index contributed by atoms with van der Waals surface area (Å²) in [6.07, 6.45) is 0.239. The van der Waals surface area contributed by atoms with E-state index in [1.54, 1.807) is 30.5 Å². The van der Waals surface area contributed by atoms with E-state index in [0.717, 1.165) is 26.2 Å². The van der Waals surface area contributed by atoms with E-state index in [1.807, 2.05) is 0 Å². The Morgan fingerprint density at radius 2 is 2.32 bits per heavy atom. The summed E-state index contributed by atoms with van der Waals surface area (Å²) >= 11 is 1.76. The molecule has 0 radical (unpaired) electrons. The summed E-state index contributed by atoms with van der Waals surface area (Å²) in [6.45, 7) is 5.40. The first kappa shape index (κ1) is 17.8. The first-order valence-corrected chi connectivity index (χ1v) is 9.24. The Bertz CT molecular complexity index is 677. The monoisotopic (exact) mass is 361 g/mol. The third-order valence-corrected chi connectivity index (χ3v) is 5.16. The summed E-state index contributed by atoms with van der Waals surface area (Å²) < 4.78 is 5.67. The van der Waals surface area contributed by atoms with Gasteiger partial charge in [0.15, 0.2) is 5.69 Å². The number of thiophene rings is 1. The molecule has 2 atom stereocenters. The lowest BCUT2D eigenvalue weighted by atomic mass is 10.1. The second-order valence-electron chi connectivity index (χ2n) is 5.97. The van der Waals surface area contributed by atoms with Crippen molar-refractivity contribution in [3.8, 4) is 0 Å². The van der Waals surface area contributed by atoms with Crippen LogP contribution < -0.4 is 10.6 Å². The van der Waals surface area contributed by atoms with Gasteiger partial charge in [0.2, 0.25) is 0 Å². The molecular formula is C17H23N5O2S. The molecular weight excluding hydrogens is 338 g/mol. The SMILES string of the molecule is CNC(=O)c1ccc(NCC(c2cccs2)N2CCOC(C)C2)nn1. The van der Waals surface area contributed by atoms with Gasteiger partial charge in [-0.3, -0.25) is 9.69 Å². The number of anilines is 1. The minimum atomic E-state index is -0.238. The molecule has 0 bridgehead atoms. The normalized spacial score (nSPS) is 19.4. The highest BCUT2D eigenvalue weighted by molar-refractivity contribution is 7.10.